The molecule has 0 aliphatic carbocycles. The van der Waals surface area contributed by atoms with E-state index in [-0.39, 0.29) is 5.57 Å². The Bertz CT molecular complexity index is 541. The van der Waals surface area contributed by atoms with Crippen LogP contribution in [-0.2, 0) is 0 Å². The fourth-order valence-corrected chi connectivity index (χ4v) is 2.46. The smallest absolute Gasteiger partial charge is 0.130 e. The van der Waals surface area contributed by atoms with E-state index in [4.69, 9.17) is 10.5 Å². The SMILES string of the molecule is N#CC(C#N)=Cc1ccc(Br)cc1N1CCCC1. The van der Waals surface area contributed by atoms with Crippen molar-refractivity contribution in [3.63, 3.8) is 0 Å². The van der Waals surface area contributed by atoms with Crippen LogP contribution in [0.3, 0.4) is 0 Å². The van der Waals surface area contributed by atoms with Crippen molar-refractivity contribution in [2.75, 3.05) is 18.0 Å². The van der Waals surface area contributed by atoms with Crippen molar-refractivity contribution in [2.24, 2.45) is 0 Å². The lowest BCUT2D eigenvalue weighted by Gasteiger charge is -2.20. The third-order valence-electron chi connectivity index (χ3n) is 2.98. The summed E-state index contributed by atoms with van der Waals surface area (Å²) in [6, 6.07) is 9.72. The van der Waals surface area contributed by atoms with Crippen LogP contribution in [-0.4, -0.2) is 13.1 Å². The van der Waals surface area contributed by atoms with Gasteiger partial charge in [-0.1, -0.05) is 22.0 Å². The Kier molecular flexibility index (Phi) is 4.02. The van der Waals surface area contributed by atoms with Crippen molar-refractivity contribution < 1.29 is 0 Å². The van der Waals surface area contributed by atoms with Crippen LogP contribution in [0.15, 0.2) is 28.2 Å². The number of hydrogen-bond donors (Lipinski definition) is 0. The fraction of sp³-hybridized carbons (Fsp3) is 0.286. The number of halogens is 1. The van der Waals surface area contributed by atoms with Gasteiger partial charge in [0, 0.05) is 23.2 Å². The lowest BCUT2D eigenvalue weighted by Crippen LogP contribution is -2.18. The molecule has 1 aliphatic heterocycles. The predicted octanol–water partition coefficient (Wildman–Crippen LogP) is 3.48. The molecule has 0 spiro atoms. The van der Waals surface area contributed by atoms with E-state index in [1.54, 1.807) is 6.08 Å². The van der Waals surface area contributed by atoms with Gasteiger partial charge in [0.1, 0.15) is 17.7 Å². The second-order valence-corrected chi connectivity index (χ2v) is 5.09. The molecule has 0 aromatic heterocycles. The summed E-state index contributed by atoms with van der Waals surface area (Å²) in [6.07, 6.45) is 4.04. The van der Waals surface area contributed by atoms with Crippen LogP contribution in [0.25, 0.3) is 6.08 Å². The van der Waals surface area contributed by atoms with Gasteiger partial charge in [0.15, 0.2) is 0 Å². The van der Waals surface area contributed by atoms with Gasteiger partial charge in [0.25, 0.3) is 0 Å². The van der Waals surface area contributed by atoms with Crippen LogP contribution in [0.2, 0.25) is 0 Å². The summed E-state index contributed by atoms with van der Waals surface area (Å²) < 4.78 is 1.01. The average Bonchev–Trinajstić information content (AvgIpc) is 2.91. The molecule has 2 rings (SSSR count). The first-order chi connectivity index (χ1) is 8.74. The second-order valence-electron chi connectivity index (χ2n) is 4.18. The van der Waals surface area contributed by atoms with E-state index in [1.165, 1.54) is 12.8 Å². The van der Waals surface area contributed by atoms with Crippen molar-refractivity contribution >= 4 is 27.7 Å². The maximum absolute atomic E-state index is 8.83. The van der Waals surface area contributed by atoms with Crippen LogP contribution < -0.4 is 4.90 Å². The van der Waals surface area contributed by atoms with E-state index >= 15 is 0 Å². The van der Waals surface area contributed by atoms with Gasteiger partial charge < -0.3 is 4.90 Å². The Morgan fingerprint density at radius 1 is 1.22 bits per heavy atom. The molecule has 1 saturated heterocycles. The molecule has 90 valence electrons. The number of hydrogen-bond acceptors (Lipinski definition) is 3. The Hall–Kier alpha value is -1.78. The molecule has 0 N–H and O–H groups in total. The zero-order valence-corrected chi connectivity index (χ0v) is 11.4. The largest absolute Gasteiger partial charge is 0.371 e. The number of anilines is 1. The fourth-order valence-electron chi connectivity index (χ4n) is 2.12. The molecule has 18 heavy (non-hydrogen) atoms. The monoisotopic (exact) mass is 301 g/mol. The molecular weight excluding hydrogens is 290 g/mol. The van der Waals surface area contributed by atoms with Gasteiger partial charge in [-0.05, 0) is 36.6 Å². The van der Waals surface area contributed by atoms with Crippen LogP contribution in [0.4, 0.5) is 5.69 Å². The Balaban J connectivity index is 2.44. The topological polar surface area (TPSA) is 50.8 Å². The zero-order valence-electron chi connectivity index (χ0n) is 9.86. The molecule has 0 atom stereocenters. The molecular formula is C14H12BrN3. The Labute approximate surface area is 115 Å². The lowest BCUT2D eigenvalue weighted by molar-refractivity contribution is 0.949. The number of rotatable bonds is 2. The quantitative estimate of drug-likeness (QED) is 0.786. The summed E-state index contributed by atoms with van der Waals surface area (Å²) in [5, 5.41) is 17.7. The minimum atomic E-state index is 0.137. The van der Waals surface area contributed by atoms with Gasteiger partial charge in [0.05, 0.1) is 0 Å². The molecule has 0 bridgehead atoms. The van der Waals surface area contributed by atoms with E-state index in [0.29, 0.717) is 0 Å². The second kappa shape index (κ2) is 5.71. The van der Waals surface area contributed by atoms with Gasteiger partial charge in [-0.25, -0.2) is 0 Å². The van der Waals surface area contributed by atoms with E-state index in [0.717, 1.165) is 28.8 Å². The molecule has 1 aromatic rings. The van der Waals surface area contributed by atoms with Gasteiger partial charge in [-0.3, -0.25) is 0 Å². The third-order valence-corrected chi connectivity index (χ3v) is 3.47. The molecule has 0 unspecified atom stereocenters. The van der Waals surface area contributed by atoms with Crippen molar-refractivity contribution in [2.45, 2.75) is 12.8 Å². The summed E-state index contributed by atoms with van der Waals surface area (Å²) >= 11 is 3.47. The van der Waals surface area contributed by atoms with Crippen molar-refractivity contribution in [3.05, 3.63) is 33.8 Å². The average molecular weight is 302 g/mol. The molecule has 4 heteroatoms. The normalized spacial score (nSPS) is 13.8. The van der Waals surface area contributed by atoms with Gasteiger partial charge in [-0.15, -0.1) is 0 Å². The molecule has 1 aliphatic rings. The maximum atomic E-state index is 8.83. The van der Waals surface area contributed by atoms with Crippen LogP contribution >= 0.6 is 15.9 Å². The molecule has 1 fully saturated rings. The molecule has 3 nitrogen and oxygen atoms in total. The Morgan fingerprint density at radius 3 is 2.50 bits per heavy atom. The Morgan fingerprint density at radius 2 is 1.89 bits per heavy atom. The zero-order chi connectivity index (χ0) is 13.0. The van der Waals surface area contributed by atoms with E-state index in [1.807, 2.05) is 30.3 Å². The van der Waals surface area contributed by atoms with Crippen LogP contribution in [0.5, 0.6) is 0 Å². The molecule has 0 saturated carbocycles. The van der Waals surface area contributed by atoms with Crippen LogP contribution in [0, 0.1) is 22.7 Å². The summed E-state index contributed by atoms with van der Waals surface area (Å²) in [5.41, 5.74) is 2.15. The summed E-state index contributed by atoms with van der Waals surface area (Å²) in [7, 11) is 0. The first-order valence-corrected chi connectivity index (χ1v) is 6.60. The summed E-state index contributed by atoms with van der Waals surface area (Å²) in [6.45, 7) is 2.07. The third kappa shape index (κ3) is 2.72. The first kappa shape index (κ1) is 12.7. The first-order valence-electron chi connectivity index (χ1n) is 5.81. The number of nitriles is 2. The molecule has 0 amide bonds. The number of nitrogens with zero attached hydrogens (tertiary/aromatic N) is 3. The van der Waals surface area contributed by atoms with E-state index in [2.05, 4.69) is 20.8 Å². The molecule has 1 heterocycles. The van der Waals surface area contributed by atoms with Crippen molar-refractivity contribution in [1.82, 2.24) is 0 Å². The number of allylic oxidation sites excluding steroid dienone is 1. The lowest BCUT2D eigenvalue weighted by atomic mass is 10.1. The van der Waals surface area contributed by atoms with E-state index < -0.39 is 0 Å². The highest BCUT2D eigenvalue weighted by Gasteiger charge is 2.15. The highest BCUT2D eigenvalue weighted by molar-refractivity contribution is 9.10. The predicted molar refractivity (Wildman–Crippen MR) is 74.8 cm³/mol. The minimum absolute atomic E-state index is 0.137. The minimum Gasteiger partial charge on any atom is -0.371 e. The van der Waals surface area contributed by atoms with Gasteiger partial charge in [-0.2, -0.15) is 10.5 Å². The number of benzene rings is 1. The van der Waals surface area contributed by atoms with Crippen LogP contribution in [0.1, 0.15) is 18.4 Å². The standard InChI is InChI=1S/C14H12BrN3/c15-13-4-3-12(7-11(9-16)10-17)14(8-13)18-5-1-2-6-18/h3-4,7-8H,1-2,5-6H2. The summed E-state index contributed by atoms with van der Waals surface area (Å²) in [5.74, 6) is 0. The summed E-state index contributed by atoms with van der Waals surface area (Å²) in [4.78, 5) is 2.29. The van der Waals surface area contributed by atoms with E-state index in [9.17, 15) is 0 Å². The highest BCUT2D eigenvalue weighted by atomic mass is 79.9. The van der Waals surface area contributed by atoms with Crippen molar-refractivity contribution in [1.29, 1.82) is 10.5 Å². The molecule has 1 aromatic carbocycles. The van der Waals surface area contributed by atoms with Gasteiger partial charge >= 0.3 is 0 Å². The van der Waals surface area contributed by atoms with Crippen molar-refractivity contribution in [3.8, 4) is 12.1 Å². The van der Waals surface area contributed by atoms with Gasteiger partial charge in [0.2, 0.25) is 0 Å². The highest BCUT2D eigenvalue weighted by Crippen LogP contribution is 2.29. The molecule has 0 radical (unpaired) electrons. The maximum Gasteiger partial charge on any atom is 0.130 e.